The molecule has 1 fully saturated rings. The van der Waals surface area contributed by atoms with Gasteiger partial charge in [-0.15, -0.1) is 0 Å². The summed E-state index contributed by atoms with van der Waals surface area (Å²) in [5, 5.41) is 3.74. The van der Waals surface area contributed by atoms with E-state index in [0.717, 1.165) is 22.7 Å². The summed E-state index contributed by atoms with van der Waals surface area (Å²) in [6.45, 7) is 3.31. The van der Waals surface area contributed by atoms with Gasteiger partial charge in [0.25, 0.3) is 0 Å². The lowest BCUT2D eigenvalue weighted by Gasteiger charge is -2.28. The van der Waals surface area contributed by atoms with E-state index in [4.69, 9.17) is 4.74 Å². The van der Waals surface area contributed by atoms with Crippen LogP contribution < -0.4 is 10.1 Å². The molecule has 1 unspecified atom stereocenters. The summed E-state index contributed by atoms with van der Waals surface area (Å²) in [7, 11) is 1.72. The number of methoxy groups -OCH3 is 1. The van der Waals surface area contributed by atoms with Crippen LogP contribution in [-0.4, -0.2) is 13.7 Å². The van der Waals surface area contributed by atoms with E-state index >= 15 is 0 Å². The van der Waals surface area contributed by atoms with Crippen molar-refractivity contribution >= 4 is 15.9 Å². The van der Waals surface area contributed by atoms with E-state index in [2.05, 4.69) is 46.4 Å². The van der Waals surface area contributed by atoms with Crippen molar-refractivity contribution in [2.24, 2.45) is 5.92 Å². The maximum Gasteiger partial charge on any atom is 0.120 e. The van der Waals surface area contributed by atoms with Crippen LogP contribution in [0.2, 0.25) is 0 Å². The van der Waals surface area contributed by atoms with E-state index in [-0.39, 0.29) is 0 Å². The van der Waals surface area contributed by atoms with Gasteiger partial charge in [-0.05, 0) is 43.0 Å². The first-order valence-electron chi connectivity index (χ1n) is 8.31. The Morgan fingerprint density at radius 2 is 2.05 bits per heavy atom. The highest BCUT2D eigenvalue weighted by Gasteiger charge is 2.21. The molecule has 1 saturated carbocycles. The highest BCUT2D eigenvalue weighted by Crippen LogP contribution is 2.35. The van der Waals surface area contributed by atoms with Crippen molar-refractivity contribution < 1.29 is 4.74 Å². The predicted molar refractivity (Wildman–Crippen MR) is 92.9 cm³/mol. The average Bonchev–Trinajstić information content (AvgIpc) is 2.52. The molecule has 0 saturated heterocycles. The number of halogens is 1. The molecule has 2 nitrogen and oxygen atoms in total. The summed E-state index contributed by atoms with van der Waals surface area (Å²) in [6.07, 6.45) is 9.48. The van der Waals surface area contributed by atoms with Gasteiger partial charge in [0.2, 0.25) is 0 Å². The van der Waals surface area contributed by atoms with E-state index in [1.54, 1.807) is 7.11 Å². The minimum absolute atomic E-state index is 0.452. The lowest BCUT2D eigenvalue weighted by atomic mass is 9.83. The summed E-state index contributed by atoms with van der Waals surface area (Å²) in [5.41, 5.74) is 1.37. The second-order valence-corrected chi connectivity index (χ2v) is 6.99. The standard InChI is InChI=1S/C18H28BrNO/c1-3-11-20-18(12-14-7-5-4-6-8-14)16-10-9-15(21-2)13-17(16)19/h9-10,13-14,18,20H,3-8,11-12H2,1-2H3. The van der Waals surface area contributed by atoms with Crippen molar-refractivity contribution in [1.82, 2.24) is 5.32 Å². The van der Waals surface area contributed by atoms with Crippen LogP contribution in [0.3, 0.4) is 0 Å². The third-order valence-corrected chi connectivity index (χ3v) is 5.20. The van der Waals surface area contributed by atoms with Crippen LogP contribution in [0.15, 0.2) is 22.7 Å². The molecular weight excluding hydrogens is 326 g/mol. The van der Waals surface area contributed by atoms with E-state index in [0.29, 0.717) is 6.04 Å². The average molecular weight is 354 g/mol. The molecule has 0 radical (unpaired) electrons. The summed E-state index contributed by atoms with van der Waals surface area (Å²) in [5.74, 6) is 1.79. The molecule has 0 bridgehead atoms. The van der Waals surface area contributed by atoms with Gasteiger partial charge in [0.05, 0.1) is 7.11 Å². The number of rotatable bonds is 7. The lowest BCUT2D eigenvalue weighted by Crippen LogP contribution is -2.25. The van der Waals surface area contributed by atoms with Gasteiger partial charge in [-0.1, -0.05) is 61.0 Å². The Labute approximate surface area is 137 Å². The second-order valence-electron chi connectivity index (χ2n) is 6.13. The maximum atomic E-state index is 5.31. The zero-order valence-electron chi connectivity index (χ0n) is 13.3. The monoisotopic (exact) mass is 353 g/mol. The summed E-state index contributed by atoms with van der Waals surface area (Å²) in [4.78, 5) is 0. The topological polar surface area (TPSA) is 21.3 Å². The molecule has 1 aromatic carbocycles. The Morgan fingerprint density at radius 3 is 2.67 bits per heavy atom. The van der Waals surface area contributed by atoms with Crippen LogP contribution in [0.5, 0.6) is 5.75 Å². The first kappa shape index (κ1) is 16.8. The molecule has 21 heavy (non-hydrogen) atoms. The first-order chi connectivity index (χ1) is 10.2. The molecule has 0 aliphatic heterocycles. The Morgan fingerprint density at radius 1 is 1.29 bits per heavy atom. The molecule has 1 aliphatic carbocycles. The minimum atomic E-state index is 0.452. The van der Waals surface area contributed by atoms with Gasteiger partial charge >= 0.3 is 0 Å². The number of ether oxygens (including phenoxy) is 1. The van der Waals surface area contributed by atoms with Crippen molar-refractivity contribution in [1.29, 1.82) is 0 Å². The van der Waals surface area contributed by atoms with Crippen molar-refractivity contribution in [3.05, 3.63) is 28.2 Å². The molecule has 0 heterocycles. The molecule has 2 rings (SSSR count). The van der Waals surface area contributed by atoms with E-state index in [1.807, 2.05) is 0 Å². The third-order valence-electron chi connectivity index (χ3n) is 4.52. The van der Waals surface area contributed by atoms with Gasteiger partial charge in [0, 0.05) is 10.5 Å². The van der Waals surface area contributed by atoms with Crippen LogP contribution in [0.1, 0.15) is 63.5 Å². The first-order valence-corrected chi connectivity index (χ1v) is 9.10. The molecule has 118 valence electrons. The summed E-state index contributed by atoms with van der Waals surface area (Å²) >= 11 is 3.73. The molecule has 1 atom stereocenters. The highest BCUT2D eigenvalue weighted by atomic mass is 79.9. The Balaban J connectivity index is 2.10. The Bertz CT molecular complexity index is 429. The van der Waals surface area contributed by atoms with Gasteiger partial charge in [-0.2, -0.15) is 0 Å². The zero-order chi connectivity index (χ0) is 15.1. The SMILES string of the molecule is CCCNC(CC1CCCCC1)c1ccc(OC)cc1Br. The molecule has 1 aromatic rings. The summed E-state index contributed by atoms with van der Waals surface area (Å²) in [6, 6.07) is 6.81. The molecule has 1 N–H and O–H groups in total. The number of hydrogen-bond acceptors (Lipinski definition) is 2. The molecule has 0 aromatic heterocycles. The third kappa shape index (κ3) is 5.00. The minimum Gasteiger partial charge on any atom is -0.497 e. The fraction of sp³-hybridized carbons (Fsp3) is 0.667. The van der Waals surface area contributed by atoms with E-state index in [1.165, 1.54) is 50.5 Å². The van der Waals surface area contributed by atoms with E-state index < -0.39 is 0 Å². The van der Waals surface area contributed by atoms with Gasteiger partial charge < -0.3 is 10.1 Å². The van der Waals surface area contributed by atoms with Gasteiger partial charge in [0.15, 0.2) is 0 Å². The van der Waals surface area contributed by atoms with Crippen molar-refractivity contribution in [3.8, 4) is 5.75 Å². The highest BCUT2D eigenvalue weighted by molar-refractivity contribution is 9.10. The Kier molecular flexibility index (Phi) is 7.05. The van der Waals surface area contributed by atoms with Crippen LogP contribution in [0, 0.1) is 5.92 Å². The normalized spacial score (nSPS) is 17.7. The lowest BCUT2D eigenvalue weighted by molar-refractivity contribution is 0.299. The van der Waals surface area contributed by atoms with Crippen LogP contribution in [0.25, 0.3) is 0 Å². The van der Waals surface area contributed by atoms with Crippen molar-refractivity contribution in [3.63, 3.8) is 0 Å². The number of nitrogens with one attached hydrogen (secondary N) is 1. The van der Waals surface area contributed by atoms with Crippen LogP contribution >= 0.6 is 15.9 Å². The smallest absolute Gasteiger partial charge is 0.120 e. The van der Waals surface area contributed by atoms with Crippen LogP contribution in [-0.2, 0) is 0 Å². The van der Waals surface area contributed by atoms with Gasteiger partial charge in [-0.3, -0.25) is 0 Å². The zero-order valence-corrected chi connectivity index (χ0v) is 14.9. The fourth-order valence-electron chi connectivity index (χ4n) is 3.31. The molecule has 0 amide bonds. The quantitative estimate of drug-likeness (QED) is 0.701. The van der Waals surface area contributed by atoms with Gasteiger partial charge in [-0.25, -0.2) is 0 Å². The van der Waals surface area contributed by atoms with Crippen molar-refractivity contribution in [2.75, 3.05) is 13.7 Å². The maximum absolute atomic E-state index is 5.31. The fourth-order valence-corrected chi connectivity index (χ4v) is 3.95. The molecule has 0 spiro atoms. The largest absolute Gasteiger partial charge is 0.497 e. The predicted octanol–water partition coefficient (Wildman–Crippen LogP) is 5.47. The molecule has 1 aliphatic rings. The number of hydrogen-bond donors (Lipinski definition) is 1. The van der Waals surface area contributed by atoms with Gasteiger partial charge in [0.1, 0.15) is 5.75 Å². The second kappa shape index (κ2) is 8.79. The van der Waals surface area contributed by atoms with Crippen molar-refractivity contribution in [2.45, 2.75) is 57.9 Å². The van der Waals surface area contributed by atoms with E-state index in [9.17, 15) is 0 Å². The Hall–Kier alpha value is -0.540. The summed E-state index contributed by atoms with van der Waals surface area (Å²) < 4.78 is 6.47. The molecular formula is C18H28BrNO. The molecule has 3 heteroatoms. The number of benzene rings is 1. The van der Waals surface area contributed by atoms with Crippen LogP contribution in [0.4, 0.5) is 0 Å².